The summed E-state index contributed by atoms with van der Waals surface area (Å²) in [7, 11) is 0. The molecule has 1 aromatic carbocycles. The highest BCUT2D eigenvalue weighted by molar-refractivity contribution is 5.72. The Hall–Kier alpha value is -1.31. The fourth-order valence-electron chi connectivity index (χ4n) is 1.89. The van der Waals surface area contributed by atoms with E-state index >= 15 is 0 Å². The fourth-order valence-corrected chi connectivity index (χ4v) is 1.89. The topological polar surface area (TPSA) is 26.3 Å². The molecular weight excluding hydrogens is 224 g/mol. The number of hydrogen-bond donors (Lipinski definition) is 0. The van der Waals surface area contributed by atoms with Gasteiger partial charge in [-0.2, -0.15) is 0 Å². The quantitative estimate of drug-likeness (QED) is 0.380. The Morgan fingerprint density at radius 2 is 1.72 bits per heavy atom. The van der Waals surface area contributed by atoms with Crippen molar-refractivity contribution in [2.45, 2.75) is 58.8 Å². The van der Waals surface area contributed by atoms with Crippen molar-refractivity contribution in [3.05, 3.63) is 29.8 Å². The first-order chi connectivity index (χ1) is 8.74. The molecule has 18 heavy (non-hydrogen) atoms. The van der Waals surface area contributed by atoms with Crippen molar-refractivity contribution in [1.29, 1.82) is 0 Å². The number of ether oxygens (including phenoxy) is 1. The molecule has 0 bridgehead atoms. The molecule has 0 aromatic heterocycles. The predicted octanol–water partition coefficient (Wildman–Crippen LogP) is 4.65. The van der Waals surface area contributed by atoms with E-state index in [2.05, 4.69) is 6.92 Å². The van der Waals surface area contributed by atoms with Crippen LogP contribution in [0.4, 0.5) is 0 Å². The van der Waals surface area contributed by atoms with E-state index in [1.165, 1.54) is 25.7 Å². The van der Waals surface area contributed by atoms with Gasteiger partial charge in [0.15, 0.2) is 0 Å². The maximum atomic E-state index is 11.6. The third kappa shape index (κ3) is 5.85. The van der Waals surface area contributed by atoms with E-state index in [0.717, 1.165) is 18.4 Å². The number of benzene rings is 1. The van der Waals surface area contributed by atoms with E-state index < -0.39 is 0 Å². The van der Waals surface area contributed by atoms with Gasteiger partial charge in [0.05, 0.1) is 0 Å². The molecule has 0 N–H and O–H groups in total. The van der Waals surface area contributed by atoms with Gasteiger partial charge in [-0.15, -0.1) is 0 Å². The van der Waals surface area contributed by atoms with Gasteiger partial charge in [0.2, 0.25) is 0 Å². The van der Waals surface area contributed by atoms with Crippen molar-refractivity contribution in [3.8, 4) is 5.75 Å². The number of carbonyl (C=O) groups is 1. The lowest BCUT2D eigenvalue weighted by molar-refractivity contribution is -0.134. The van der Waals surface area contributed by atoms with Crippen molar-refractivity contribution in [1.82, 2.24) is 0 Å². The van der Waals surface area contributed by atoms with Crippen LogP contribution in [0.15, 0.2) is 24.3 Å². The lowest BCUT2D eigenvalue weighted by Gasteiger charge is -2.06. The van der Waals surface area contributed by atoms with E-state index in [-0.39, 0.29) is 5.97 Å². The maximum Gasteiger partial charge on any atom is 0.311 e. The minimum atomic E-state index is -0.111. The normalized spacial score (nSPS) is 10.3. The summed E-state index contributed by atoms with van der Waals surface area (Å²) in [6, 6.07) is 7.63. The lowest BCUT2D eigenvalue weighted by atomic mass is 10.1. The molecule has 0 unspecified atom stereocenters. The summed E-state index contributed by atoms with van der Waals surface area (Å²) in [5.41, 5.74) is 1.01. The zero-order valence-corrected chi connectivity index (χ0v) is 11.6. The molecule has 0 amide bonds. The van der Waals surface area contributed by atoms with Crippen LogP contribution in [0.25, 0.3) is 0 Å². The Bertz CT molecular complexity index is 358. The summed E-state index contributed by atoms with van der Waals surface area (Å²) in [5.74, 6) is 0.577. The predicted molar refractivity (Wildman–Crippen MR) is 74.8 cm³/mol. The van der Waals surface area contributed by atoms with Gasteiger partial charge in [-0.1, -0.05) is 57.2 Å². The molecule has 0 aliphatic heterocycles. The average Bonchev–Trinajstić information content (AvgIpc) is 2.36. The van der Waals surface area contributed by atoms with Crippen LogP contribution in [0.5, 0.6) is 5.75 Å². The molecule has 0 fully saturated rings. The first-order valence-corrected chi connectivity index (χ1v) is 7.00. The van der Waals surface area contributed by atoms with Gasteiger partial charge in [-0.25, -0.2) is 0 Å². The maximum absolute atomic E-state index is 11.6. The lowest BCUT2D eigenvalue weighted by Crippen LogP contribution is -2.08. The van der Waals surface area contributed by atoms with E-state index in [1.54, 1.807) is 0 Å². The van der Waals surface area contributed by atoms with Crippen LogP contribution in [0.1, 0.15) is 57.4 Å². The first-order valence-electron chi connectivity index (χ1n) is 7.00. The molecular formula is C16H24O2. The largest absolute Gasteiger partial charge is 0.426 e. The number of unbranched alkanes of at least 4 members (excludes halogenated alkanes) is 5. The highest BCUT2D eigenvalue weighted by Crippen LogP contribution is 2.17. The molecule has 0 spiro atoms. The second-order valence-electron chi connectivity index (χ2n) is 4.76. The average molecular weight is 248 g/mol. The van der Waals surface area contributed by atoms with Gasteiger partial charge in [0, 0.05) is 6.42 Å². The Labute approximate surface area is 110 Å². The Kier molecular flexibility index (Phi) is 7.16. The van der Waals surface area contributed by atoms with Crippen LogP contribution in [-0.4, -0.2) is 5.97 Å². The van der Waals surface area contributed by atoms with E-state index in [4.69, 9.17) is 4.74 Å². The van der Waals surface area contributed by atoms with Crippen molar-refractivity contribution >= 4 is 5.97 Å². The number of rotatable bonds is 8. The smallest absolute Gasteiger partial charge is 0.311 e. The van der Waals surface area contributed by atoms with Crippen molar-refractivity contribution in [3.63, 3.8) is 0 Å². The third-order valence-corrected chi connectivity index (χ3v) is 3.05. The Morgan fingerprint density at radius 3 is 2.44 bits per heavy atom. The SMILES string of the molecule is CCCCCCCCC(=O)Oc1ccccc1C. The summed E-state index contributed by atoms with van der Waals surface area (Å²) in [6.07, 6.45) is 7.66. The zero-order chi connectivity index (χ0) is 13.2. The van der Waals surface area contributed by atoms with E-state index in [9.17, 15) is 4.79 Å². The van der Waals surface area contributed by atoms with E-state index in [1.807, 2.05) is 31.2 Å². The highest BCUT2D eigenvalue weighted by Gasteiger charge is 2.06. The summed E-state index contributed by atoms with van der Waals surface area (Å²) in [5, 5.41) is 0. The van der Waals surface area contributed by atoms with Crippen LogP contribution >= 0.6 is 0 Å². The van der Waals surface area contributed by atoms with E-state index in [0.29, 0.717) is 12.2 Å². The van der Waals surface area contributed by atoms with Crippen LogP contribution < -0.4 is 4.74 Å². The zero-order valence-electron chi connectivity index (χ0n) is 11.6. The molecule has 2 heteroatoms. The van der Waals surface area contributed by atoms with Crippen LogP contribution in [0.3, 0.4) is 0 Å². The van der Waals surface area contributed by atoms with Crippen molar-refractivity contribution in [2.75, 3.05) is 0 Å². The van der Waals surface area contributed by atoms with Gasteiger partial charge in [-0.3, -0.25) is 4.79 Å². The van der Waals surface area contributed by atoms with Crippen LogP contribution in [0.2, 0.25) is 0 Å². The molecule has 0 atom stereocenters. The number of aryl methyl sites for hydroxylation is 1. The summed E-state index contributed by atoms with van der Waals surface area (Å²) in [6.45, 7) is 4.16. The molecule has 0 saturated carbocycles. The Balaban J connectivity index is 2.16. The van der Waals surface area contributed by atoms with Gasteiger partial charge in [0.1, 0.15) is 5.75 Å². The van der Waals surface area contributed by atoms with Gasteiger partial charge >= 0.3 is 5.97 Å². The summed E-state index contributed by atoms with van der Waals surface area (Å²) < 4.78 is 5.33. The van der Waals surface area contributed by atoms with Crippen LogP contribution in [0, 0.1) is 6.92 Å². The molecule has 0 saturated heterocycles. The standard InChI is InChI=1S/C16H24O2/c1-3-4-5-6-7-8-13-16(17)18-15-12-10-9-11-14(15)2/h9-12H,3-8,13H2,1-2H3. The molecule has 0 radical (unpaired) electrons. The fraction of sp³-hybridized carbons (Fsp3) is 0.562. The summed E-state index contributed by atoms with van der Waals surface area (Å²) in [4.78, 5) is 11.6. The van der Waals surface area contributed by atoms with Gasteiger partial charge in [-0.05, 0) is 25.0 Å². The summed E-state index contributed by atoms with van der Waals surface area (Å²) >= 11 is 0. The molecule has 2 nitrogen and oxygen atoms in total. The third-order valence-electron chi connectivity index (χ3n) is 3.05. The minimum absolute atomic E-state index is 0.111. The number of hydrogen-bond acceptors (Lipinski definition) is 2. The van der Waals surface area contributed by atoms with Crippen LogP contribution in [-0.2, 0) is 4.79 Å². The number of esters is 1. The highest BCUT2D eigenvalue weighted by atomic mass is 16.5. The second-order valence-corrected chi connectivity index (χ2v) is 4.76. The molecule has 1 rings (SSSR count). The second kappa shape index (κ2) is 8.73. The minimum Gasteiger partial charge on any atom is -0.426 e. The van der Waals surface area contributed by atoms with Gasteiger partial charge < -0.3 is 4.74 Å². The number of carbonyl (C=O) groups excluding carboxylic acids is 1. The van der Waals surface area contributed by atoms with Crippen molar-refractivity contribution < 1.29 is 9.53 Å². The molecule has 0 aliphatic carbocycles. The van der Waals surface area contributed by atoms with Gasteiger partial charge in [0.25, 0.3) is 0 Å². The molecule has 100 valence electrons. The van der Waals surface area contributed by atoms with Crippen molar-refractivity contribution in [2.24, 2.45) is 0 Å². The first kappa shape index (κ1) is 14.7. The molecule has 1 aromatic rings. The molecule has 0 heterocycles. The molecule has 0 aliphatic rings. The Morgan fingerprint density at radius 1 is 1.06 bits per heavy atom. The number of para-hydroxylation sites is 1. The monoisotopic (exact) mass is 248 g/mol.